The summed E-state index contributed by atoms with van der Waals surface area (Å²) in [6.07, 6.45) is -3.11. The van der Waals surface area contributed by atoms with Gasteiger partial charge in [0.15, 0.2) is 11.9 Å². The molecule has 8 atom stereocenters. The molecule has 1 spiro atoms. The topological polar surface area (TPSA) is 46.2 Å². The van der Waals surface area contributed by atoms with Crippen LogP contribution in [0.15, 0.2) is 0 Å². The molecule has 1 saturated carbocycles. The molecule has 2 bridgehead atoms. The largest absolute Gasteiger partial charge is 0.443 e. The van der Waals surface area contributed by atoms with Gasteiger partial charge in [0.1, 0.15) is 0 Å². The van der Waals surface area contributed by atoms with Crippen molar-refractivity contribution in [3.63, 3.8) is 0 Å². The van der Waals surface area contributed by atoms with Crippen molar-refractivity contribution in [1.29, 1.82) is 0 Å². The third-order valence-corrected chi connectivity index (χ3v) is 6.96. The Bertz CT molecular complexity index is 557. The predicted molar refractivity (Wildman–Crippen MR) is 78.8 cm³/mol. The molecular weight excluding hydrogens is 341 g/mol. The van der Waals surface area contributed by atoms with E-state index in [2.05, 4.69) is 6.92 Å². The van der Waals surface area contributed by atoms with Crippen LogP contribution >= 0.6 is 0 Å². The van der Waals surface area contributed by atoms with Crippen molar-refractivity contribution < 1.29 is 37.2 Å². The molecule has 0 amide bonds. The highest BCUT2D eigenvalue weighted by Crippen LogP contribution is 2.64. The van der Waals surface area contributed by atoms with Crippen molar-refractivity contribution in [2.45, 2.75) is 76.1 Å². The fraction of sp³-hybridized carbons (Fsp3) is 1.00. The van der Waals surface area contributed by atoms with E-state index < -0.39 is 41.5 Å². The summed E-state index contributed by atoms with van der Waals surface area (Å²) in [6.45, 7) is 5.33. The van der Waals surface area contributed by atoms with Gasteiger partial charge in [-0.15, -0.1) is 0 Å². The van der Waals surface area contributed by atoms with Crippen LogP contribution in [-0.2, 0) is 24.0 Å². The van der Waals surface area contributed by atoms with Crippen LogP contribution in [0.5, 0.6) is 0 Å². The average Bonchev–Trinajstić information content (AvgIpc) is 2.76. The maximum Gasteiger partial charge on any atom is 0.443 e. The molecule has 5 rings (SSSR count). The van der Waals surface area contributed by atoms with E-state index in [1.807, 2.05) is 0 Å². The molecular formula is C17H25F3O5. The first-order valence-electron chi connectivity index (χ1n) is 8.94. The molecule has 0 aromatic carbocycles. The van der Waals surface area contributed by atoms with Crippen LogP contribution in [0.3, 0.4) is 0 Å². The Morgan fingerprint density at radius 1 is 1.00 bits per heavy atom. The molecule has 0 N–H and O–H groups in total. The van der Waals surface area contributed by atoms with Gasteiger partial charge >= 0.3 is 6.18 Å². The predicted octanol–water partition coefficient (Wildman–Crippen LogP) is 3.77. The maximum atomic E-state index is 14.0. The van der Waals surface area contributed by atoms with Crippen LogP contribution in [0.25, 0.3) is 0 Å². The summed E-state index contributed by atoms with van der Waals surface area (Å²) in [5, 5.41) is 0. The van der Waals surface area contributed by atoms with Gasteiger partial charge < -0.3 is 14.2 Å². The lowest BCUT2D eigenvalue weighted by Crippen LogP contribution is -2.75. The highest BCUT2D eigenvalue weighted by atomic mass is 19.4. The number of methoxy groups -OCH3 is 1. The molecule has 4 aliphatic heterocycles. The number of halogens is 3. The minimum absolute atomic E-state index is 0.0196. The molecule has 8 heteroatoms. The molecule has 0 aromatic rings. The number of rotatable bonds is 1. The van der Waals surface area contributed by atoms with Gasteiger partial charge in [-0.3, -0.25) is 0 Å². The van der Waals surface area contributed by atoms with Gasteiger partial charge in [0.25, 0.3) is 5.79 Å². The van der Waals surface area contributed by atoms with E-state index >= 15 is 0 Å². The third kappa shape index (κ3) is 2.15. The molecule has 5 nitrogen and oxygen atoms in total. The first-order chi connectivity index (χ1) is 11.6. The van der Waals surface area contributed by atoms with Gasteiger partial charge in [-0.25, -0.2) is 9.78 Å². The lowest BCUT2D eigenvalue weighted by atomic mass is 9.57. The number of alkyl halides is 3. The van der Waals surface area contributed by atoms with E-state index in [0.29, 0.717) is 18.8 Å². The highest BCUT2D eigenvalue weighted by molar-refractivity contribution is 5.12. The van der Waals surface area contributed by atoms with Gasteiger partial charge in [0, 0.05) is 25.4 Å². The summed E-state index contributed by atoms with van der Waals surface area (Å²) in [6, 6.07) is 0. The Morgan fingerprint density at radius 3 is 2.36 bits per heavy atom. The molecule has 2 unspecified atom stereocenters. The second-order valence-electron chi connectivity index (χ2n) is 8.19. The van der Waals surface area contributed by atoms with E-state index in [-0.39, 0.29) is 5.92 Å². The summed E-state index contributed by atoms with van der Waals surface area (Å²) < 4.78 is 58.4. The first-order valence-corrected chi connectivity index (χ1v) is 8.94. The smallest absolute Gasteiger partial charge is 0.346 e. The van der Waals surface area contributed by atoms with Crippen LogP contribution in [-0.4, -0.2) is 36.8 Å². The van der Waals surface area contributed by atoms with Crippen molar-refractivity contribution in [2.75, 3.05) is 7.11 Å². The molecule has 5 fully saturated rings. The summed E-state index contributed by atoms with van der Waals surface area (Å²) in [5.41, 5.74) is -1.03. The minimum atomic E-state index is -4.68. The van der Waals surface area contributed by atoms with Gasteiger partial charge in [0.2, 0.25) is 5.79 Å². The molecule has 4 saturated heterocycles. The summed E-state index contributed by atoms with van der Waals surface area (Å²) in [7, 11) is 1.04. The molecule has 4 heterocycles. The zero-order valence-corrected chi connectivity index (χ0v) is 14.9. The highest BCUT2D eigenvalue weighted by Gasteiger charge is 2.77. The van der Waals surface area contributed by atoms with Crippen molar-refractivity contribution >= 4 is 0 Å². The Kier molecular flexibility index (Phi) is 3.82. The lowest BCUT2D eigenvalue weighted by Gasteiger charge is -2.62. The number of hydrogen-bond acceptors (Lipinski definition) is 5. The summed E-state index contributed by atoms with van der Waals surface area (Å²) in [5.74, 6) is -4.88. The first kappa shape index (κ1) is 18.0. The van der Waals surface area contributed by atoms with E-state index in [1.54, 1.807) is 6.92 Å². The molecule has 0 aromatic heterocycles. The fourth-order valence-electron chi connectivity index (χ4n) is 5.59. The maximum absolute atomic E-state index is 14.0. The third-order valence-electron chi connectivity index (χ3n) is 6.96. The fourth-order valence-corrected chi connectivity index (χ4v) is 5.59. The normalized spacial score (nSPS) is 55.6. The van der Waals surface area contributed by atoms with E-state index in [0.717, 1.165) is 20.0 Å². The Labute approximate surface area is 145 Å². The summed E-state index contributed by atoms with van der Waals surface area (Å²) >= 11 is 0. The zero-order chi connectivity index (χ0) is 18.3. The van der Waals surface area contributed by atoms with Crippen LogP contribution in [0, 0.1) is 23.7 Å². The number of fused-ring (bicyclic) bond motifs is 2. The molecule has 1 aliphatic carbocycles. The van der Waals surface area contributed by atoms with Gasteiger partial charge in [-0.05, 0) is 38.0 Å². The van der Waals surface area contributed by atoms with Crippen LogP contribution in [0.4, 0.5) is 13.2 Å². The summed E-state index contributed by atoms with van der Waals surface area (Å²) in [4.78, 5) is 11.4. The zero-order valence-electron chi connectivity index (χ0n) is 14.9. The molecule has 5 aliphatic rings. The van der Waals surface area contributed by atoms with Gasteiger partial charge in [0.05, 0.1) is 0 Å². The van der Waals surface area contributed by atoms with Crippen molar-refractivity contribution in [3.05, 3.63) is 0 Å². The molecule has 144 valence electrons. The second kappa shape index (κ2) is 5.32. The standard InChI is InChI=1S/C17H25F3O5/c1-9-5-6-12-10(2)16(21-4,17(18,19)20)23-13-15(12)11(9)7-8-14(3,22-13)24-25-15/h9-13H,5-8H2,1-4H3/t9-,10-,11+,12+,13+,14?,15?,16-/m1/s1. The van der Waals surface area contributed by atoms with Crippen molar-refractivity contribution in [3.8, 4) is 0 Å². The Balaban J connectivity index is 1.85. The number of ether oxygens (including phenoxy) is 3. The van der Waals surface area contributed by atoms with Crippen molar-refractivity contribution in [2.24, 2.45) is 23.7 Å². The molecule has 25 heavy (non-hydrogen) atoms. The quantitative estimate of drug-likeness (QED) is 0.661. The van der Waals surface area contributed by atoms with E-state index in [1.165, 1.54) is 6.92 Å². The Hall–Kier alpha value is -0.410. The van der Waals surface area contributed by atoms with Crippen LogP contribution in [0.1, 0.15) is 46.5 Å². The monoisotopic (exact) mass is 366 g/mol. The number of hydrogen-bond donors (Lipinski definition) is 0. The Morgan fingerprint density at radius 2 is 1.72 bits per heavy atom. The average molecular weight is 366 g/mol. The van der Waals surface area contributed by atoms with Gasteiger partial charge in [-0.1, -0.05) is 13.8 Å². The minimum Gasteiger partial charge on any atom is -0.346 e. The van der Waals surface area contributed by atoms with E-state index in [9.17, 15) is 13.2 Å². The molecule has 0 radical (unpaired) electrons. The van der Waals surface area contributed by atoms with Crippen LogP contribution < -0.4 is 0 Å². The lowest BCUT2D eigenvalue weighted by molar-refractivity contribution is -0.597. The van der Waals surface area contributed by atoms with Gasteiger partial charge in [-0.2, -0.15) is 13.2 Å². The van der Waals surface area contributed by atoms with Crippen LogP contribution in [0.2, 0.25) is 0 Å². The van der Waals surface area contributed by atoms with E-state index in [4.69, 9.17) is 24.0 Å². The second-order valence-corrected chi connectivity index (χ2v) is 8.19. The SMILES string of the molecule is CO[C@@]1(C(F)(F)F)O[C@@H]2OC3(C)CC[C@H]4[C@H](C)CC[C@@H]([C@H]1C)C24OO3. The van der Waals surface area contributed by atoms with Crippen molar-refractivity contribution in [1.82, 2.24) is 0 Å².